The second kappa shape index (κ2) is 18.6. The minimum atomic E-state index is -3.72. The third kappa shape index (κ3) is 9.08. The molecule has 7 aromatic rings. The number of hydrogen-bond donors (Lipinski definition) is 0. The average molecular weight is 855 g/mol. The van der Waals surface area contributed by atoms with E-state index >= 15 is 0 Å². The highest BCUT2D eigenvalue weighted by atomic mass is 35.5. The Morgan fingerprint density at radius 3 is 1.75 bits per heavy atom. The zero-order valence-corrected chi connectivity index (χ0v) is 37.3. The topological polar surface area (TPSA) is 74.6 Å². The second-order valence-corrected chi connectivity index (χ2v) is 23.1. The van der Waals surface area contributed by atoms with Gasteiger partial charge in [0.25, 0.3) is 8.32 Å². The van der Waals surface area contributed by atoms with Crippen LogP contribution in [0.3, 0.4) is 0 Å². The van der Waals surface area contributed by atoms with Crippen LogP contribution in [0.4, 0.5) is 0 Å². The van der Waals surface area contributed by atoms with Crippen molar-refractivity contribution >= 4 is 57.0 Å². The molecule has 0 saturated carbocycles. The fourth-order valence-electron chi connectivity index (χ4n) is 8.64. The van der Waals surface area contributed by atoms with E-state index in [-0.39, 0.29) is 40.5 Å². The number of aromatic nitrogens is 1. The number of aryl methyl sites for hydroxylation is 2. The maximum absolute atomic E-state index is 14.2. The lowest BCUT2D eigenvalue weighted by atomic mass is 9.97. The Kier molecular flexibility index (Phi) is 13.3. The van der Waals surface area contributed by atoms with E-state index in [9.17, 15) is 13.2 Å². The predicted octanol–water partition coefficient (Wildman–Crippen LogP) is 10.2. The van der Waals surface area contributed by atoms with Crippen LogP contribution < -0.4 is 10.4 Å². The molecule has 60 heavy (non-hydrogen) atoms. The van der Waals surface area contributed by atoms with Crippen LogP contribution in [0, 0.1) is 0 Å². The Morgan fingerprint density at radius 1 is 0.700 bits per heavy atom. The molecule has 1 heterocycles. The number of carbonyl (C=O) groups is 1. The second-order valence-electron chi connectivity index (χ2n) is 16.2. The fourth-order valence-corrected chi connectivity index (χ4v) is 14.6. The molecule has 1 aromatic heterocycles. The zero-order chi connectivity index (χ0) is 42.3. The van der Waals surface area contributed by atoms with Crippen LogP contribution in [0.25, 0.3) is 10.9 Å². The van der Waals surface area contributed by atoms with E-state index in [4.69, 9.17) is 20.8 Å². The average Bonchev–Trinajstić information content (AvgIpc) is 3.55. The van der Waals surface area contributed by atoms with Crippen molar-refractivity contribution in [2.45, 2.75) is 62.4 Å². The van der Waals surface area contributed by atoms with Crippen LogP contribution in [0.1, 0.15) is 61.2 Å². The molecule has 9 heteroatoms. The summed E-state index contributed by atoms with van der Waals surface area (Å²) in [5.41, 5.74) is 6.00. The lowest BCUT2D eigenvalue weighted by molar-refractivity contribution is -0.140. The number of ether oxygens (including phenoxy) is 1. The summed E-state index contributed by atoms with van der Waals surface area (Å²) in [5, 5.41) is 3.68. The first kappa shape index (κ1) is 42.9. The molecule has 6 aromatic carbocycles. The van der Waals surface area contributed by atoms with Crippen LogP contribution in [0.15, 0.2) is 169 Å². The summed E-state index contributed by atoms with van der Waals surface area (Å²) < 4.78 is 43.0. The Morgan fingerprint density at radius 2 is 1.23 bits per heavy atom. The summed E-state index contributed by atoms with van der Waals surface area (Å²) in [4.78, 5) is 12.0. The van der Waals surface area contributed by atoms with Gasteiger partial charge in [-0.1, -0.05) is 166 Å². The van der Waals surface area contributed by atoms with Gasteiger partial charge in [0.15, 0.2) is 9.84 Å². The molecule has 7 rings (SSSR count). The molecule has 0 saturated heterocycles. The Balaban J connectivity index is 1.35. The van der Waals surface area contributed by atoms with E-state index in [2.05, 4.69) is 128 Å². The first-order chi connectivity index (χ1) is 28.9. The van der Waals surface area contributed by atoms with Crippen molar-refractivity contribution in [3.8, 4) is 0 Å². The van der Waals surface area contributed by atoms with Crippen molar-refractivity contribution in [3.63, 3.8) is 0 Å². The molecule has 0 unspecified atom stereocenters. The molecule has 0 amide bonds. The number of fused-ring (bicyclic) bond motifs is 1. The van der Waals surface area contributed by atoms with Crippen LogP contribution >= 0.6 is 11.6 Å². The van der Waals surface area contributed by atoms with E-state index < -0.39 is 18.2 Å². The lowest BCUT2D eigenvalue weighted by Crippen LogP contribution is -2.66. The monoisotopic (exact) mass is 853 g/mol. The summed E-state index contributed by atoms with van der Waals surface area (Å²) in [5.74, 6) is -0.412. The van der Waals surface area contributed by atoms with Gasteiger partial charge in [-0.05, 0) is 80.8 Å². The van der Waals surface area contributed by atoms with Crippen molar-refractivity contribution in [1.82, 2.24) is 4.57 Å². The zero-order valence-electron chi connectivity index (χ0n) is 34.7. The van der Waals surface area contributed by atoms with E-state index in [1.807, 2.05) is 36.4 Å². The van der Waals surface area contributed by atoms with Gasteiger partial charge in [0.2, 0.25) is 0 Å². The first-order valence-electron chi connectivity index (χ1n) is 20.5. The number of carbonyl (C=O) groups excluding carboxylic acids is 1. The third-order valence-corrected chi connectivity index (χ3v) is 18.5. The Bertz CT molecular complexity index is 2550. The van der Waals surface area contributed by atoms with Gasteiger partial charge in [-0.15, -0.1) is 0 Å². The van der Waals surface area contributed by atoms with Crippen molar-refractivity contribution in [3.05, 3.63) is 197 Å². The number of sulfone groups is 1. The molecule has 0 bridgehead atoms. The number of benzene rings is 6. The SMILES string of the molecule is COC(=O)CCc1ccc(S(=O)(=O)CCc2c(CCO[Si](c3ccccc3)(c3ccccc3)C(C)(C)C)n(C(c3ccccc3)c3ccccc3)c3ccc(Cl)cc23)cc1. The molecule has 308 valence electrons. The van der Waals surface area contributed by atoms with E-state index in [1.165, 1.54) is 17.5 Å². The smallest absolute Gasteiger partial charge is 0.305 e. The standard InChI is InChI=1S/C51H52ClNO5SSi/c1-51(2,3)60(43-21-13-7-14-22-43,44-23-15-8-16-24-44)58-35-33-48-45(34-36-59(55,56)42-29-25-38(26-30-42)27-32-49(54)57-4)46-37-41(52)28-31-47(46)53(48)50(39-17-9-5-10-18-39)40-19-11-6-12-20-40/h5-26,28-31,37,50H,27,32-36H2,1-4H3. The maximum Gasteiger partial charge on any atom is 0.305 e. The van der Waals surface area contributed by atoms with Gasteiger partial charge in [0.1, 0.15) is 0 Å². The molecule has 0 radical (unpaired) electrons. The molecule has 0 N–H and O–H groups in total. The summed E-state index contributed by atoms with van der Waals surface area (Å²) in [7, 11) is -5.26. The van der Waals surface area contributed by atoms with E-state index in [1.54, 1.807) is 24.3 Å². The van der Waals surface area contributed by atoms with E-state index in [0.717, 1.165) is 38.9 Å². The largest absolute Gasteiger partial charge is 0.469 e. The van der Waals surface area contributed by atoms with E-state index in [0.29, 0.717) is 24.5 Å². The number of hydrogen-bond acceptors (Lipinski definition) is 5. The lowest BCUT2D eigenvalue weighted by Gasteiger charge is -2.43. The highest BCUT2D eigenvalue weighted by molar-refractivity contribution is 7.91. The van der Waals surface area contributed by atoms with Gasteiger partial charge in [-0.25, -0.2) is 8.42 Å². The molecule has 0 aliphatic rings. The van der Waals surface area contributed by atoms with Gasteiger partial charge < -0.3 is 13.7 Å². The van der Waals surface area contributed by atoms with Crippen molar-refractivity contribution < 1.29 is 22.4 Å². The molecule has 6 nitrogen and oxygen atoms in total. The predicted molar refractivity (Wildman–Crippen MR) is 247 cm³/mol. The highest BCUT2D eigenvalue weighted by Crippen LogP contribution is 2.40. The normalized spacial score (nSPS) is 12.2. The van der Waals surface area contributed by atoms with Crippen LogP contribution in [0.2, 0.25) is 10.1 Å². The number of methoxy groups -OCH3 is 1. The van der Waals surface area contributed by atoms with Gasteiger partial charge in [0.05, 0.1) is 23.8 Å². The van der Waals surface area contributed by atoms with Crippen molar-refractivity contribution in [2.24, 2.45) is 0 Å². The summed E-state index contributed by atoms with van der Waals surface area (Å²) >= 11 is 6.80. The van der Waals surface area contributed by atoms with Crippen LogP contribution in [-0.4, -0.2) is 46.7 Å². The van der Waals surface area contributed by atoms with Crippen molar-refractivity contribution in [1.29, 1.82) is 0 Å². The molecular weight excluding hydrogens is 802 g/mol. The number of nitrogens with zero attached hydrogens (tertiary/aromatic N) is 1. The minimum Gasteiger partial charge on any atom is -0.469 e. The quantitative estimate of drug-likeness (QED) is 0.0715. The Labute approximate surface area is 360 Å². The molecular formula is C51H52ClNO5SSi. The van der Waals surface area contributed by atoms with Gasteiger partial charge >= 0.3 is 5.97 Å². The van der Waals surface area contributed by atoms with Gasteiger partial charge in [-0.2, -0.15) is 0 Å². The molecule has 0 fully saturated rings. The van der Waals surface area contributed by atoms with Crippen LogP contribution in [0.5, 0.6) is 0 Å². The number of rotatable bonds is 16. The Hall–Kier alpha value is -5.25. The van der Waals surface area contributed by atoms with Crippen molar-refractivity contribution in [2.75, 3.05) is 19.5 Å². The number of esters is 1. The molecule has 0 aliphatic carbocycles. The van der Waals surface area contributed by atoms with Crippen LogP contribution in [-0.2, 0) is 43.1 Å². The van der Waals surface area contributed by atoms with Gasteiger partial charge in [-0.3, -0.25) is 4.79 Å². The first-order valence-corrected chi connectivity index (χ1v) is 24.4. The molecule has 0 aliphatic heterocycles. The summed E-state index contributed by atoms with van der Waals surface area (Å²) in [6.45, 7) is 7.24. The summed E-state index contributed by atoms with van der Waals surface area (Å²) in [6.07, 6.45) is 1.49. The highest BCUT2D eigenvalue weighted by Gasteiger charge is 2.50. The minimum absolute atomic E-state index is 0.107. The third-order valence-electron chi connectivity index (χ3n) is 11.5. The maximum atomic E-state index is 14.2. The number of halogens is 1. The molecule has 0 atom stereocenters. The molecule has 0 spiro atoms. The summed E-state index contributed by atoms with van der Waals surface area (Å²) in [6, 6.07) is 54.8. The van der Waals surface area contributed by atoms with Gasteiger partial charge in [0, 0.05) is 41.1 Å². The fraction of sp³-hybridized carbons (Fsp3) is 0.235.